The SMILES string of the molecule is N/C(=N\OC(=O)c1ccc2c(c1)OCO2)c1cccs1. The van der Waals surface area contributed by atoms with E-state index < -0.39 is 5.97 Å². The maximum atomic E-state index is 11.8. The monoisotopic (exact) mass is 290 g/mol. The van der Waals surface area contributed by atoms with Crippen molar-refractivity contribution in [2.24, 2.45) is 10.9 Å². The van der Waals surface area contributed by atoms with Crippen LogP contribution in [0.25, 0.3) is 0 Å². The second kappa shape index (κ2) is 5.22. The van der Waals surface area contributed by atoms with Gasteiger partial charge in [0.2, 0.25) is 6.79 Å². The minimum Gasteiger partial charge on any atom is -0.454 e. The Morgan fingerprint density at radius 2 is 2.15 bits per heavy atom. The molecule has 6 nitrogen and oxygen atoms in total. The number of hydrogen-bond donors (Lipinski definition) is 1. The second-order valence-electron chi connectivity index (χ2n) is 3.90. The lowest BCUT2D eigenvalue weighted by atomic mass is 10.2. The van der Waals surface area contributed by atoms with Crippen LogP contribution in [0.1, 0.15) is 15.2 Å². The predicted molar refractivity (Wildman–Crippen MR) is 73.0 cm³/mol. The first-order valence-electron chi connectivity index (χ1n) is 5.72. The minimum atomic E-state index is -0.609. The number of rotatable bonds is 3. The highest BCUT2D eigenvalue weighted by molar-refractivity contribution is 7.12. The van der Waals surface area contributed by atoms with Crippen molar-refractivity contribution in [2.75, 3.05) is 6.79 Å². The molecule has 2 N–H and O–H groups in total. The molecular formula is C13H10N2O4S. The van der Waals surface area contributed by atoms with Gasteiger partial charge in [0, 0.05) is 0 Å². The molecule has 0 bridgehead atoms. The first-order valence-corrected chi connectivity index (χ1v) is 6.60. The fourth-order valence-corrected chi connectivity index (χ4v) is 2.26. The third-order valence-corrected chi connectivity index (χ3v) is 3.50. The number of nitrogens with zero attached hydrogens (tertiary/aromatic N) is 1. The number of carbonyl (C=O) groups is 1. The zero-order valence-electron chi connectivity index (χ0n) is 10.2. The van der Waals surface area contributed by atoms with E-state index >= 15 is 0 Å². The number of amidine groups is 1. The van der Waals surface area contributed by atoms with Crippen LogP contribution in [-0.4, -0.2) is 18.6 Å². The topological polar surface area (TPSA) is 83.1 Å². The number of oxime groups is 1. The lowest BCUT2D eigenvalue weighted by Gasteiger charge is -2.01. The van der Waals surface area contributed by atoms with Crippen LogP contribution in [0.3, 0.4) is 0 Å². The molecule has 1 aromatic heterocycles. The van der Waals surface area contributed by atoms with E-state index in [-0.39, 0.29) is 12.6 Å². The molecule has 7 heteroatoms. The smallest absolute Gasteiger partial charge is 0.365 e. The lowest BCUT2D eigenvalue weighted by molar-refractivity contribution is 0.0515. The van der Waals surface area contributed by atoms with Crippen molar-refractivity contribution < 1.29 is 19.1 Å². The molecule has 0 aliphatic carbocycles. The molecule has 0 saturated carbocycles. The van der Waals surface area contributed by atoms with Crippen molar-refractivity contribution in [3.05, 3.63) is 46.2 Å². The maximum absolute atomic E-state index is 11.8. The van der Waals surface area contributed by atoms with Gasteiger partial charge in [-0.2, -0.15) is 0 Å². The van der Waals surface area contributed by atoms with Crippen molar-refractivity contribution in [1.29, 1.82) is 0 Å². The van der Waals surface area contributed by atoms with Gasteiger partial charge in [-0.3, -0.25) is 0 Å². The van der Waals surface area contributed by atoms with Crippen LogP contribution in [0, 0.1) is 0 Å². The van der Waals surface area contributed by atoms with Gasteiger partial charge >= 0.3 is 5.97 Å². The minimum absolute atomic E-state index is 0.150. The van der Waals surface area contributed by atoms with Crippen molar-refractivity contribution in [2.45, 2.75) is 0 Å². The number of nitrogens with two attached hydrogens (primary N) is 1. The summed E-state index contributed by atoms with van der Waals surface area (Å²) in [5, 5.41) is 5.48. The molecule has 3 rings (SSSR count). The lowest BCUT2D eigenvalue weighted by Crippen LogP contribution is -2.13. The molecule has 0 atom stereocenters. The summed E-state index contributed by atoms with van der Waals surface area (Å²) >= 11 is 1.41. The van der Waals surface area contributed by atoms with E-state index in [1.807, 2.05) is 11.4 Å². The Bertz CT molecular complexity index is 667. The fraction of sp³-hybridized carbons (Fsp3) is 0.0769. The highest BCUT2D eigenvalue weighted by atomic mass is 32.1. The number of benzene rings is 1. The highest BCUT2D eigenvalue weighted by Gasteiger charge is 2.17. The van der Waals surface area contributed by atoms with Crippen molar-refractivity contribution in [3.8, 4) is 11.5 Å². The van der Waals surface area contributed by atoms with E-state index in [1.165, 1.54) is 11.3 Å². The average molecular weight is 290 g/mol. The molecule has 2 heterocycles. The van der Waals surface area contributed by atoms with Crippen LogP contribution in [-0.2, 0) is 4.84 Å². The van der Waals surface area contributed by atoms with Gasteiger partial charge in [0.15, 0.2) is 17.3 Å². The van der Waals surface area contributed by atoms with E-state index in [4.69, 9.17) is 20.0 Å². The quantitative estimate of drug-likeness (QED) is 0.404. The Kier molecular flexibility index (Phi) is 3.26. The Labute approximate surface area is 118 Å². The van der Waals surface area contributed by atoms with Crippen molar-refractivity contribution in [3.63, 3.8) is 0 Å². The summed E-state index contributed by atoms with van der Waals surface area (Å²) in [4.78, 5) is 17.4. The summed E-state index contributed by atoms with van der Waals surface area (Å²) in [5.74, 6) is 0.662. The highest BCUT2D eigenvalue weighted by Crippen LogP contribution is 2.32. The van der Waals surface area contributed by atoms with Gasteiger partial charge < -0.3 is 20.0 Å². The Morgan fingerprint density at radius 3 is 2.95 bits per heavy atom. The van der Waals surface area contributed by atoms with Gasteiger partial charge in [0.05, 0.1) is 10.4 Å². The summed E-state index contributed by atoms with van der Waals surface area (Å²) in [5.41, 5.74) is 6.01. The summed E-state index contributed by atoms with van der Waals surface area (Å²) in [7, 11) is 0. The van der Waals surface area contributed by atoms with Gasteiger partial charge in [0.1, 0.15) is 0 Å². The summed E-state index contributed by atoms with van der Waals surface area (Å²) < 4.78 is 10.3. The summed E-state index contributed by atoms with van der Waals surface area (Å²) in [6.07, 6.45) is 0. The number of thiophene rings is 1. The third-order valence-electron chi connectivity index (χ3n) is 2.61. The van der Waals surface area contributed by atoms with Gasteiger partial charge in [-0.15, -0.1) is 11.3 Å². The Morgan fingerprint density at radius 1 is 1.30 bits per heavy atom. The Hall–Kier alpha value is -2.54. The molecule has 1 aliphatic heterocycles. The van der Waals surface area contributed by atoms with E-state index in [0.29, 0.717) is 17.1 Å². The molecule has 2 aromatic rings. The maximum Gasteiger partial charge on any atom is 0.365 e. The van der Waals surface area contributed by atoms with Gasteiger partial charge in [0.25, 0.3) is 0 Å². The van der Waals surface area contributed by atoms with E-state index in [0.717, 1.165) is 4.88 Å². The fourth-order valence-electron chi connectivity index (χ4n) is 1.64. The first-order chi connectivity index (χ1) is 9.74. The zero-order valence-corrected chi connectivity index (χ0v) is 11.1. The third kappa shape index (κ3) is 2.43. The molecular weight excluding hydrogens is 280 g/mol. The van der Waals surface area contributed by atoms with Crippen LogP contribution in [0.2, 0.25) is 0 Å². The predicted octanol–water partition coefficient (Wildman–Crippen LogP) is 1.95. The molecule has 0 spiro atoms. The summed E-state index contributed by atoms with van der Waals surface area (Å²) in [6, 6.07) is 8.39. The molecule has 20 heavy (non-hydrogen) atoms. The molecule has 0 amide bonds. The normalized spacial score (nSPS) is 13.3. The number of fused-ring (bicyclic) bond motifs is 1. The number of ether oxygens (including phenoxy) is 2. The van der Waals surface area contributed by atoms with E-state index in [1.54, 1.807) is 24.3 Å². The zero-order chi connectivity index (χ0) is 13.9. The van der Waals surface area contributed by atoms with Crippen LogP contribution >= 0.6 is 11.3 Å². The van der Waals surface area contributed by atoms with Crippen molar-refractivity contribution >= 4 is 23.1 Å². The van der Waals surface area contributed by atoms with Crippen LogP contribution < -0.4 is 15.2 Å². The van der Waals surface area contributed by atoms with Crippen LogP contribution in [0.5, 0.6) is 11.5 Å². The molecule has 0 radical (unpaired) electrons. The largest absolute Gasteiger partial charge is 0.454 e. The number of hydrogen-bond acceptors (Lipinski definition) is 6. The number of carbonyl (C=O) groups excluding carboxylic acids is 1. The molecule has 1 aliphatic rings. The van der Waals surface area contributed by atoms with Crippen molar-refractivity contribution in [1.82, 2.24) is 0 Å². The average Bonchev–Trinajstić information content (AvgIpc) is 3.13. The molecule has 0 fully saturated rings. The van der Waals surface area contributed by atoms with Crippen LogP contribution in [0.4, 0.5) is 0 Å². The second-order valence-corrected chi connectivity index (χ2v) is 4.85. The first kappa shape index (κ1) is 12.5. The Balaban J connectivity index is 1.72. The molecule has 1 aromatic carbocycles. The van der Waals surface area contributed by atoms with Gasteiger partial charge in [-0.25, -0.2) is 4.79 Å². The molecule has 0 saturated heterocycles. The molecule has 0 unspecified atom stereocenters. The van der Waals surface area contributed by atoms with E-state index in [2.05, 4.69) is 5.16 Å². The standard InChI is InChI=1S/C13H10N2O4S/c14-12(11-2-1-5-20-11)15-19-13(16)8-3-4-9-10(6-8)18-7-17-9/h1-6H,7H2,(H2,14,15). The molecule has 102 valence electrons. The van der Waals surface area contributed by atoms with E-state index in [9.17, 15) is 4.79 Å². The van der Waals surface area contributed by atoms with Gasteiger partial charge in [-0.05, 0) is 29.6 Å². The van der Waals surface area contributed by atoms with Crippen LogP contribution in [0.15, 0.2) is 40.9 Å². The van der Waals surface area contributed by atoms with Gasteiger partial charge in [-0.1, -0.05) is 11.2 Å². The summed E-state index contributed by atoms with van der Waals surface area (Å²) in [6.45, 7) is 0.150.